The number of aryl methyl sites for hydroxylation is 2. The lowest BCUT2D eigenvalue weighted by Crippen LogP contribution is -2.45. The van der Waals surface area contributed by atoms with Crippen molar-refractivity contribution in [3.63, 3.8) is 0 Å². The highest BCUT2D eigenvalue weighted by molar-refractivity contribution is 5.84. The third-order valence-electron chi connectivity index (χ3n) is 5.08. The summed E-state index contributed by atoms with van der Waals surface area (Å²) < 4.78 is 11.3. The van der Waals surface area contributed by atoms with Crippen LogP contribution in [-0.4, -0.2) is 41.4 Å². The van der Waals surface area contributed by atoms with E-state index in [2.05, 4.69) is 0 Å². The zero-order valence-corrected chi connectivity index (χ0v) is 18.6. The van der Waals surface area contributed by atoms with Gasteiger partial charge in [-0.05, 0) is 64.7 Å². The molecule has 0 saturated carbocycles. The molecule has 0 spiro atoms. The predicted molar refractivity (Wildman–Crippen MR) is 111 cm³/mol. The molecule has 0 aromatic heterocycles. The van der Waals surface area contributed by atoms with E-state index in [4.69, 9.17) is 9.47 Å². The van der Waals surface area contributed by atoms with E-state index < -0.39 is 29.1 Å². The molecule has 1 saturated heterocycles. The van der Waals surface area contributed by atoms with Gasteiger partial charge in [0.2, 0.25) is 0 Å². The number of hydrogen-bond acceptors (Lipinski definition) is 5. The van der Waals surface area contributed by atoms with Crippen LogP contribution in [0.25, 0.3) is 0 Å². The van der Waals surface area contributed by atoms with Crippen molar-refractivity contribution >= 4 is 18.3 Å². The minimum atomic E-state index is -0.673. The van der Waals surface area contributed by atoms with Crippen molar-refractivity contribution in [2.75, 3.05) is 6.54 Å². The molecular formula is C23H33NO5. The lowest BCUT2D eigenvalue weighted by molar-refractivity contribution is -0.139. The topological polar surface area (TPSA) is 72.9 Å². The maximum absolute atomic E-state index is 13.0. The normalized spacial score (nSPS) is 17.2. The van der Waals surface area contributed by atoms with Crippen LogP contribution in [0.2, 0.25) is 0 Å². The largest absolute Gasteiger partial charge is 0.444 e. The van der Waals surface area contributed by atoms with Crippen LogP contribution in [0.4, 0.5) is 4.79 Å². The first kappa shape index (κ1) is 22.9. The number of likely N-dealkylation sites (tertiary alicyclic amines) is 1. The molecular weight excluding hydrogens is 370 g/mol. The van der Waals surface area contributed by atoms with Crippen LogP contribution >= 0.6 is 0 Å². The zero-order valence-electron chi connectivity index (χ0n) is 18.6. The second-order valence-electron chi connectivity index (χ2n) is 9.46. The van der Waals surface area contributed by atoms with Gasteiger partial charge < -0.3 is 14.3 Å². The molecule has 1 amide bonds. The van der Waals surface area contributed by atoms with Gasteiger partial charge in [0.25, 0.3) is 0 Å². The minimum Gasteiger partial charge on any atom is -0.444 e. The molecule has 1 aromatic carbocycles. The lowest BCUT2D eigenvalue weighted by Gasteiger charge is -2.30. The molecule has 1 heterocycles. The first-order valence-corrected chi connectivity index (χ1v) is 10.1. The van der Waals surface area contributed by atoms with E-state index in [1.807, 2.05) is 39.8 Å². The smallest absolute Gasteiger partial charge is 0.411 e. The Morgan fingerprint density at radius 2 is 1.83 bits per heavy atom. The lowest BCUT2D eigenvalue weighted by atomic mass is 9.78. The average Bonchev–Trinajstić information content (AvgIpc) is 3.01. The third-order valence-corrected chi connectivity index (χ3v) is 5.08. The van der Waals surface area contributed by atoms with Crippen LogP contribution < -0.4 is 4.74 Å². The number of amides is 1. The van der Waals surface area contributed by atoms with Crippen molar-refractivity contribution in [2.24, 2.45) is 0 Å². The van der Waals surface area contributed by atoms with Crippen molar-refractivity contribution in [1.29, 1.82) is 0 Å². The van der Waals surface area contributed by atoms with Gasteiger partial charge in [-0.25, -0.2) is 9.59 Å². The third kappa shape index (κ3) is 5.58. The first-order chi connectivity index (χ1) is 13.4. The van der Waals surface area contributed by atoms with Gasteiger partial charge in [0.1, 0.15) is 23.7 Å². The van der Waals surface area contributed by atoms with E-state index >= 15 is 0 Å². The highest BCUT2D eigenvalue weighted by Crippen LogP contribution is 2.38. The molecule has 1 atom stereocenters. The van der Waals surface area contributed by atoms with Gasteiger partial charge in [-0.2, -0.15) is 0 Å². The average molecular weight is 404 g/mol. The molecule has 0 N–H and O–H groups in total. The SMILES string of the molecule is Cc1cc(C)c(C(C)(C)CC=O)c(OC(=O)[C@@H]2CCCN2C(=O)OC(C)(C)C)c1. The molecule has 1 aliphatic rings. The maximum Gasteiger partial charge on any atom is 0.411 e. The number of ether oxygens (including phenoxy) is 2. The molecule has 0 bridgehead atoms. The summed E-state index contributed by atoms with van der Waals surface area (Å²) in [4.78, 5) is 38.2. The van der Waals surface area contributed by atoms with Gasteiger partial charge in [-0.1, -0.05) is 19.9 Å². The number of nitrogens with zero attached hydrogens (tertiary/aromatic N) is 1. The maximum atomic E-state index is 13.0. The van der Waals surface area contributed by atoms with Gasteiger partial charge >= 0.3 is 12.1 Å². The minimum absolute atomic E-state index is 0.314. The monoisotopic (exact) mass is 403 g/mol. The summed E-state index contributed by atoms with van der Waals surface area (Å²) in [5.74, 6) is -0.0168. The van der Waals surface area contributed by atoms with Crippen molar-refractivity contribution < 1.29 is 23.9 Å². The Morgan fingerprint density at radius 1 is 1.17 bits per heavy atom. The standard InChI is InChI=1S/C23H33NO5/c1-15-13-16(2)19(23(6,7)10-12-25)18(14-15)28-20(26)17-9-8-11-24(17)21(27)29-22(3,4)5/h12-14,17H,8-11H2,1-7H3/t17-/m0/s1. The van der Waals surface area contributed by atoms with Crippen molar-refractivity contribution in [3.05, 3.63) is 28.8 Å². The number of benzene rings is 1. The fraction of sp³-hybridized carbons (Fsp3) is 0.609. The number of rotatable bonds is 5. The summed E-state index contributed by atoms with van der Waals surface area (Å²) in [6.45, 7) is 13.7. The summed E-state index contributed by atoms with van der Waals surface area (Å²) in [5, 5.41) is 0. The van der Waals surface area contributed by atoms with E-state index in [0.29, 0.717) is 25.1 Å². The highest BCUT2D eigenvalue weighted by atomic mass is 16.6. The van der Waals surface area contributed by atoms with E-state index in [1.54, 1.807) is 20.8 Å². The predicted octanol–water partition coefficient (Wildman–Crippen LogP) is 4.47. The highest BCUT2D eigenvalue weighted by Gasteiger charge is 2.38. The summed E-state index contributed by atoms with van der Waals surface area (Å²) in [7, 11) is 0. The second-order valence-corrected chi connectivity index (χ2v) is 9.46. The Bertz CT molecular complexity index is 791. The Morgan fingerprint density at radius 3 is 2.41 bits per heavy atom. The van der Waals surface area contributed by atoms with Crippen LogP contribution in [0.15, 0.2) is 12.1 Å². The molecule has 160 valence electrons. The fourth-order valence-electron chi connectivity index (χ4n) is 3.91. The number of carbonyl (C=O) groups excluding carboxylic acids is 3. The Labute approximate surface area is 173 Å². The van der Waals surface area contributed by atoms with Crippen molar-refractivity contribution in [2.45, 2.75) is 84.8 Å². The number of carbonyl (C=O) groups is 3. The second kappa shape index (κ2) is 8.56. The number of hydrogen-bond donors (Lipinski definition) is 0. The Kier molecular flexibility index (Phi) is 6.76. The zero-order chi connectivity index (χ0) is 22.0. The molecule has 6 nitrogen and oxygen atoms in total. The molecule has 6 heteroatoms. The molecule has 0 aliphatic carbocycles. The molecule has 0 radical (unpaired) electrons. The molecule has 29 heavy (non-hydrogen) atoms. The summed E-state index contributed by atoms with van der Waals surface area (Å²) in [6, 6.07) is 3.16. The van der Waals surface area contributed by atoms with Gasteiger partial charge in [-0.15, -0.1) is 0 Å². The first-order valence-electron chi connectivity index (χ1n) is 10.1. The van der Waals surface area contributed by atoms with Crippen molar-refractivity contribution in [3.8, 4) is 5.75 Å². The van der Waals surface area contributed by atoms with Crippen LogP contribution in [0.5, 0.6) is 5.75 Å². The number of esters is 1. The van der Waals surface area contributed by atoms with E-state index in [-0.39, 0.29) is 0 Å². The molecule has 1 aliphatic heterocycles. The van der Waals surface area contributed by atoms with E-state index in [9.17, 15) is 14.4 Å². The molecule has 1 aromatic rings. The van der Waals surface area contributed by atoms with Crippen LogP contribution in [0.3, 0.4) is 0 Å². The van der Waals surface area contributed by atoms with Crippen molar-refractivity contribution in [1.82, 2.24) is 4.90 Å². The number of aldehydes is 1. The Hall–Kier alpha value is -2.37. The molecule has 1 fully saturated rings. The molecule has 2 rings (SSSR count). The Balaban J connectivity index is 2.30. The quantitative estimate of drug-likeness (QED) is 0.412. The summed E-state index contributed by atoms with van der Waals surface area (Å²) in [6.07, 6.45) is 1.95. The van der Waals surface area contributed by atoms with Crippen LogP contribution in [0, 0.1) is 13.8 Å². The van der Waals surface area contributed by atoms with Gasteiger partial charge in [0, 0.05) is 23.9 Å². The van der Waals surface area contributed by atoms with Gasteiger partial charge in [-0.3, -0.25) is 4.90 Å². The van der Waals surface area contributed by atoms with Gasteiger partial charge in [0.05, 0.1) is 0 Å². The van der Waals surface area contributed by atoms with Crippen LogP contribution in [0.1, 0.15) is 70.6 Å². The molecule has 0 unspecified atom stereocenters. The summed E-state index contributed by atoms with van der Waals surface area (Å²) >= 11 is 0. The van der Waals surface area contributed by atoms with E-state index in [1.165, 1.54) is 4.90 Å². The fourth-order valence-corrected chi connectivity index (χ4v) is 3.91. The van der Waals surface area contributed by atoms with E-state index in [0.717, 1.165) is 29.4 Å². The van der Waals surface area contributed by atoms with Crippen LogP contribution in [-0.2, 0) is 19.7 Å². The summed E-state index contributed by atoms with van der Waals surface area (Å²) in [5.41, 5.74) is 1.66. The van der Waals surface area contributed by atoms with Gasteiger partial charge in [0.15, 0.2) is 0 Å².